The molecule has 21 heavy (non-hydrogen) atoms. The topological polar surface area (TPSA) is 69.8 Å². The molecule has 0 aliphatic carbocycles. The first-order valence-corrected chi connectivity index (χ1v) is 6.56. The van der Waals surface area contributed by atoms with Gasteiger partial charge in [-0.25, -0.2) is 4.79 Å². The Bertz CT molecular complexity index is 912. The van der Waals surface area contributed by atoms with Crippen molar-refractivity contribution in [1.29, 1.82) is 0 Å². The molecule has 1 aromatic rings. The van der Waals surface area contributed by atoms with Crippen molar-refractivity contribution in [2.45, 2.75) is 0 Å². The molecule has 2 aliphatic heterocycles. The molecule has 0 N–H and O–H groups in total. The average Bonchev–Trinajstić information content (AvgIpc) is 2.47. The molecule has 0 radical (unpaired) electrons. The van der Waals surface area contributed by atoms with Crippen LogP contribution in [0.4, 0.5) is 0 Å². The first-order chi connectivity index (χ1) is 9.99. The highest BCUT2D eigenvalue weighted by Crippen LogP contribution is 2.28. The van der Waals surface area contributed by atoms with Crippen LogP contribution in [0.25, 0.3) is 22.5 Å². The first-order valence-electron chi connectivity index (χ1n) is 6.18. The summed E-state index contributed by atoms with van der Waals surface area (Å²) in [6, 6.07) is 7.05. The lowest BCUT2D eigenvalue weighted by molar-refractivity contribution is 0.694. The van der Waals surface area contributed by atoms with Crippen LogP contribution in [0.3, 0.4) is 0 Å². The van der Waals surface area contributed by atoms with Crippen LogP contribution in [-0.2, 0) is 14.1 Å². The van der Waals surface area contributed by atoms with E-state index in [0.29, 0.717) is 16.1 Å². The summed E-state index contributed by atoms with van der Waals surface area (Å²) in [5.41, 5.74) is 0.769. The average molecular weight is 303 g/mol. The summed E-state index contributed by atoms with van der Waals surface area (Å²) in [7, 11) is 3.04. The Kier molecular flexibility index (Phi) is 3.10. The molecule has 0 unspecified atom stereocenters. The van der Waals surface area contributed by atoms with Gasteiger partial charge in [0.05, 0.1) is 11.8 Å². The van der Waals surface area contributed by atoms with Gasteiger partial charge < -0.3 is 0 Å². The molecule has 3 rings (SSSR count). The first kappa shape index (κ1) is 13.5. The van der Waals surface area contributed by atoms with Gasteiger partial charge in [-0.15, -0.1) is 0 Å². The quantitative estimate of drug-likeness (QED) is 0.679. The van der Waals surface area contributed by atoms with Crippen molar-refractivity contribution in [3.63, 3.8) is 0 Å². The summed E-state index contributed by atoms with van der Waals surface area (Å²) in [6.45, 7) is 0. The minimum absolute atomic E-state index is 0.260. The monoisotopic (exact) mass is 302 g/mol. The number of aromatic nitrogens is 4. The number of halogens is 1. The number of rotatable bonds is 1. The highest BCUT2D eigenvalue weighted by Gasteiger charge is 2.20. The normalized spacial score (nSPS) is 11.0. The maximum atomic E-state index is 12.4. The predicted molar refractivity (Wildman–Crippen MR) is 79.6 cm³/mol. The molecule has 0 fully saturated rings. The second-order valence-corrected chi connectivity index (χ2v) is 5.08. The molecule has 2 heterocycles. The molecular weight excluding hydrogens is 292 g/mol. The molecule has 0 amide bonds. The Labute approximate surface area is 124 Å². The maximum absolute atomic E-state index is 12.4. The van der Waals surface area contributed by atoms with Crippen LogP contribution < -0.4 is 11.2 Å². The summed E-state index contributed by atoms with van der Waals surface area (Å²) in [6.07, 6.45) is 1.58. The maximum Gasteiger partial charge on any atom is 0.352 e. The molecule has 0 spiro atoms. The van der Waals surface area contributed by atoms with Crippen molar-refractivity contribution in [3.05, 3.63) is 56.3 Å². The van der Waals surface area contributed by atoms with Crippen LogP contribution in [0, 0.1) is 0 Å². The number of benzene rings is 1. The zero-order valence-electron chi connectivity index (χ0n) is 11.4. The fourth-order valence-corrected chi connectivity index (χ4v) is 2.28. The van der Waals surface area contributed by atoms with E-state index in [1.165, 1.54) is 11.7 Å². The van der Waals surface area contributed by atoms with Gasteiger partial charge in [0.15, 0.2) is 5.82 Å². The van der Waals surface area contributed by atoms with Gasteiger partial charge in [0, 0.05) is 24.7 Å². The molecule has 0 aromatic heterocycles. The van der Waals surface area contributed by atoms with Crippen molar-refractivity contribution < 1.29 is 0 Å². The van der Waals surface area contributed by atoms with Crippen LogP contribution in [0.1, 0.15) is 0 Å². The van der Waals surface area contributed by atoms with Gasteiger partial charge in [0.2, 0.25) is 0 Å². The van der Waals surface area contributed by atoms with E-state index in [9.17, 15) is 9.59 Å². The zero-order chi connectivity index (χ0) is 15.1. The van der Waals surface area contributed by atoms with Crippen LogP contribution in [0.2, 0.25) is 5.02 Å². The smallest absolute Gasteiger partial charge is 0.268 e. The van der Waals surface area contributed by atoms with Crippen LogP contribution in [0.15, 0.2) is 40.1 Å². The molecule has 6 nitrogen and oxygen atoms in total. The Balaban J connectivity index is 2.43. The summed E-state index contributed by atoms with van der Waals surface area (Å²) >= 11 is 5.88. The molecular formula is C14H11ClN4O2. The third-order valence-corrected chi connectivity index (χ3v) is 3.57. The Morgan fingerprint density at radius 1 is 1.10 bits per heavy atom. The zero-order valence-corrected chi connectivity index (χ0v) is 12.1. The molecule has 0 saturated carbocycles. The fourth-order valence-electron chi connectivity index (χ4n) is 2.15. The standard InChI is InChI=1S/C14H11ClN4O2/c1-18-13(20)11-10(8-3-5-9(15)6-4-8)7-16-19(2)12(11)17-14(18)21/h3-7H,1-2H3. The van der Waals surface area contributed by atoms with E-state index in [-0.39, 0.29) is 5.82 Å². The highest BCUT2D eigenvalue weighted by molar-refractivity contribution is 6.30. The Hall–Kier alpha value is -2.47. The lowest BCUT2D eigenvalue weighted by Gasteiger charge is -2.14. The summed E-state index contributed by atoms with van der Waals surface area (Å²) in [5, 5.41) is 4.75. The van der Waals surface area contributed by atoms with E-state index in [1.54, 1.807) is 37.5 Å². The SMILES string of the molecule is Cn1ncc(-c2ccc(Cl)cc2)c2c(=O)n(C)c(=O)nc1-2. The minimum atomic E-state index is -0.599. The summed E-state index contributed by atoms with van der Waals surface area (Å²) in [4.78, 5) is 28.0. The van der Waals surface area contributed by atoms with Crippen molar-refractivity contribution in [3.8, 4) is 22.5 Å². The number of hydrogen-bond acceptors (Lipinski definition) is 4. The molecule has 0 atom stereocenters. The predicted octanol–water partition coefficient (Wildman–Crippen LogP) is 1.30. The van der Waals surface area contributed by atoms with Crippen LogP contribution in [0.5, 0.6) is 0 Å². The number of aryl methyl sites for hydroxylation is 1. The van der Waals surface area contributed by atoms with E-state index < -0.39 is 11.2 Å². The molecule has 0 saturated heterocycles. The molecule has 1 aromatic carbocycles. The Morgan fingerprint density at radius 3 is 2.43 bits per heavy atom. The second-order valence-electron chi connectivity index (χ2n) is 4.65. The van der Waals surface area contributed by atoms with E-state index in [4.69, 9.17) is 11.6 Å². The van der Waals surface area contributed by atoms with E-state index in [0.717, 1.165) is 10.1 Å². The van der Waals surface area contributed by atoms with E-state index in [1.807, 2.05) is 0 Å². The Morgan fingerprint density at radius 2 is 1.76 bits per heavy atom. The minimum Gasteiger partial charge on any atom is -0.268 e. The lowest BCUT2D eigenvalue weighted by Crippen LogP contribution is -2.36. The van der Waals surface area contributed by atoms with Gasteiger partial charge in [-0.3, -0.25) is 14.0 Å². The van der Waals surface area contributed by atoms with Gasteiger partial charge in [0.25, 0.3) is 5.56 Å². The van der Waals surface area contributed by atoms with Crippen molar-refractivity contribution in [2.75, 3.05) is 0 Å². The van der Waals surface area contributed by atoms with Crippen molar-refractivity contribution >= 4 is 11.6 Å². The van der Waals surface area contributed by atoms with E-state index >= 15 is 0 Å². The fraction of sp³-hybridized carbons (Fsp3) is 0.143. The molecule has 2 aliphatic rings. The van der Waals surface area contributed by atoms with Crippen LogP contribution in [-0.4, -0.2) is 19.3 Å². The van der Waals surface area contributed by atoms with Gasteiger partial charge in [-0.05, 0) is 17.7 Å². The van der Waals surface area contributed by atoms with Gasteiger partial charge in [-0.2, -0.15) is 10.1 Å². The van der Waals surface area contributed by atoms with Gasteiger partial charge >= 0.3 is 5.69 Å². The third kappa shape index (κ3) is 2.13. The van der Waals surface area contributed by atoms with Crippen LogP contribution >= 0.6 is 11.6 Å². The number of hydrogen-bond donors (Lipinski definition) is 0. The molecule has 7 heteroatoms. The molecule has 0 bridgehead atoms. The second kappa shape index (κ2) is 4.82. The van der Waals surface area contributed by atoms with E-state index in [2.05, 4.69) is 10.1 Å². The lowest BCUT2D eigenvalue weighted by atomic mass is 10.0. The summed E-state index contributed by atoms with van der Waals surface area (Å²) in [5.74, 6) is 0.260. The van der Waals surface area contributed by atoms with Crippen molar-refractivity contribution in [2.24, 2.45) is 14.1 Å². The van der Waals surface area contributed by atoms with Gasteiger partial charge in [-0.1, -0.05) is 23.7 Å². The largest absolute Gasteiger partial charge is 0.352 e. The number of fused-ring (bicyclic) bond motifs is 1. The summed E-state index contributed by atoms with van der Waals surface area (Å²) < 4.78 is 2.40. The third-order valence-electron chi connectivity index (χ3n) is 3.32. The molecule has 106 valence electrons. The highest BCUT2D eigenvalue weighted by atomic mass is 35.5. The van der Waals surface area contributed by atoms with Gasteiger partial charge in [0.1, 0.15) is 0 Å². The van der Waals surface area contributed by atoms with Crippen molar-refractivity contribution in [1.82, 2.24) is 19.3 Å². The number of nitrogens with zero attached hydrogens (tertiary/aromatic N) is 4.